The Labute approximate surface area is 133 Å². The number of halogens is 1. The second-order valence-electron chi connectivity index (χ2n) is 5.49. The molecule has 1 aromatic heterocycles. The Morgan fingerprint density at radius 1 is 1.38 bits per heavy atom. The number of aryl methyl sites for hydroxylation is 1. The standard InChI is InChI=1S/C16H20BrN3O/c1-11(2)6-7-18-15-16(21)20(9-8-19-15)13-4-5-14(17)12(3)10-13/h4-5,8-11H,6-7H2,1-3H3,(H,18,19). The summed E-state index contributed by atoms with van der Waals surface area (Å²) in [6.07, 6.45) is 4.35. The minimum absolute atomic E-state index is 0.122. The van der Waals surface area contributed by atoms with Gasteiger partial charge in [-0.25, -0.2) is 4.98 Å². The Hall–Kier alpha value is -1.62. The van der Waals surface area contributed by atoms with Gasteiger partial charge < -0.3 is 5.32 Å². The monoisotopic (exact) mass is 349 g/mol. The van der Waals surface area contributed by atoms with E-state index in [0.29, 0.717) is 11.7 Å². The van der Waals surface area contributed by atoms with Gasteiger partial charge in [0.25, 0.3) is 5.56 Å². The molecule has 0 radical (unpaired) electrons. The smallest absolute Gasteiger partial charge is 0.297 e. The fraction of sp³-hybridized carbons (Fsp3) is 0.375. The molecule has 2 aromatic rings. The first-order chi connectivity index (χ1) is 9.99. The first-order valence-corrected chi connectivity index (χ1v) is 7.86. The summed E-state index contributed by atoms with van der Waals surface area (Å²) in [4.78, 5) is 16.6. The highest BCUT2D eigenvalue weighted by molar-refractivity contribution is 9.10. The highest BCUT2D eigenvalue weighted by atomic mass is 79.9. The van der Waals surface area contributed by atoms with Gasteiger partial charge in [-0.3, -0.25) is 9.36 Å². The van der Waals surface area contributed by atoms with Crippen LogP contribution >= 0.6 is 15.9 Å². The Balaban J connectivity index is 2.29. The fourth-order valence-electron chi connectivity index (χ4n) is 1.99. The number of nitrogens with zero attached hydrogens (tertiary/aromatic N) is 2. The number of rotatable bonds is 5. The molecule has 0 aliphatic heterocycles. The van der Waals surface area contributed by atoms with Crippen molar-refractivity contribution in [2.75, 3.05) is 11.9 Å². The average Bonchev–Trinajstić information content (AvgIpc) is 2.43. The third-order valence-corrected chi connectivity index (χ3v) is 4.16. The van der Waals surface area contributed by atoms with Crippen LogP contribution in [0.3, 0.4) is 0 Å². The predicted molar refractivity (Wildman–Crippen MR) is 90.2 cm³/mol. The second kappa shape index (κ2) is 6.89. The quantitative estimate of drug-likeness (QED) is 0.893. The van der Waals surface area contributed by atoms with Crippen molar-refractivity contribution in [1.82, 2.24) is 9.55 Å². The summed E-state index contributed by atoms with van der Waals surface area (Å²) in [5.41, 5.74) is 1.81. The van der Waals surface area contributed by atoms with Crippen LogP contribution in [0, 0.1) is 12.8 Å². The van der Waals surface area contributed by atoms with Crippen molar-refractivity contribution < 1.29 is 0 Å². The molecule has 0 aliphatic carbocycles. The Bertz CT molecular complexity index is 679. The summed E-state index contributed by atoms with van der Waals surface area (Å²) in [5, 5.41) is 3.13. The molecule has 0 fully saturated rings. The van der Waals surface area contributed by atoms with E-state index in [-0.39, 0.29) is 5.56 Å². The zero-order valence-corrected chi connectivity index (χ0v) is 14.1. The van der Waals surface area contributed by atoms with Gasteiger partial charge in [0.15, 0.2) is 5.82 Å². The van der Waals surface area contributed by atoms with E-state index < -0.39 is 0 Å². The first-order valence-electron chi connectivity index (χ1n) is 7.07. The Kier molecular flexibility index (Phi) is 5.17. The normalized spacial score (nSPS) is 10.9. The van der Waals surface area contributed by atoms with E-state index in [4.69, 9.17) is 0 Å². The van der Waals surface area contributed by atoms with E-state index >= 15 is 0 Å². The molecular weight excluding hydrogens is 330 g/mol. The van der Waals surface area contributed by atoms with Crippen molar-refractivity contribution in [3.8, 4) is 5.69 Å². The molecule has 1 N–H and O–H groups in total. The lowest BCUT2D eigenvalue weighted by Gasteiger charge is -2.11. The van der Waals surface area contributed by atoms with E-state index in [9.17, 15) is 4.79 Å². The molecule has 0 saturated heterocycles. The molecule has 0 amide bonds. The summed E-state index contributed by atoms with van der Waals surface area (Å²) >= 11 is 3.47. The minimum atomic E-state index is -0.122. The molecule has 1 heterocycles. The van der Waals surface area contributed by atoms with Gasteiger partial charge in [-0.15, -0.1) is 0 Å². The van der Waals surface area contributed by atoms with Crippen molar-refractivity contribution in [2.45, 2.75) is 27.2 Å². The van der Waals surface area contributed by atoms with Crippen molar-refractivity contribution in [1.29, 1.82) is 0 Å². The van der Waals surface area contributed by atoms with Gasteiger partial charge in [0.05, 0.1) is 0 Å². The summed E-state index contributed by atoms with van der Waals surface area (Å²) in [6.45, 7) is 7.07. The molecule has 0 saturated carbocycles. The molecule has 21 heavy (non-hydrogen) atoms. The van der Waals surface area contributed by atoms with E-state index in [0.717, 1.165) is 28.7 Å². The number of hydrogen-bond acceptors (Lipinski definition) is 3. The highest BCUT2D eigenvalue weighted by Crippen LogP contribution is 2.18. The summed E-state index contributed by atoms with van der Waals surface area (Å²) < 4.78 is 2.65. The van der Waals surface area contributed by atoms with Crippen LogP contribution in [0.4, 0.5) is 5.82 Å². The molecule has 1 aromatic carbocycles. The number of nitrogens with one attached hydrogen (secondary N) is 1. The fourth-order valence-corrected chi connectivity index (χ4v) is 2.24. The maximum atomic E-state index is 12.5. The van der Waals surface area contributed by atoms with Crippen molar-refractivity contribution in [3.63, 3.8) is 0 Å². The third kappa shape index (κ3) is 3.94. The SMILES string of the molecule is Cc1cc(-n2ccnc(NCCC(C)C)c2=O)ccc1Br. The van der Waals surface area contributed by atoms with Crippen LogP contribution in [0.2, 0.25) is 0 Å². The van der Waals surface area contributed by atoms with Crippen molar-refractivity contribution in [2.24, 2.45) is 5.92 Å². The van der Waals surface area contributed by atoms with Crippen LogP contribution in [0.15, 0.2) is 39.9 Å². The van der Waals surface area contributed by atoms with E-state index in [1.165, 1.54) is 0 Å². The van der Waals surface area contributed by atoms with Crippen LogP contribution in [0.1, 0.15) is 25.8 Å². The third-order valence-electron chi connectivity index (χ3n) is 3.27. The molecular formula is C16H20BrN3O. The van der Waals surface area contributed by atoms with Crippen LogP contribution in [-0.4, -0.2) is 16.1 Å². The van der Waals surface area contributed by atoms with Gasteiger partial charge in [0.1, 0.15) is 0 Å². The number of hydrogen-bond donors (Lipinski definition) is 1. The molecule has 0 atom stereocenters. The molecule has 112 valence electrons. The van der Waals surface area contributed by atoms with Gasteiger partial charge >= 0.3 is 0 Å². The molecule has 2 rings (SSSR count). The Morgan fingerprint density at radius 2 is 2.14 bits per heavy atom. The Morgan fingerprint density at radius 3 is 2.81 bits per heavy atom. The highest BCUT2D eigenvalue weighted by Gasteiger charge is 2.07. The number of anilines is 1. The predicted octanol–water partition coefficient (Wildman–Crippen LogP) is 3.76. The van der Waals surface area contributed by atoms with Gasteiger partial charge in [0, 0.05) is 29.1 Å². The van der Waals surface area contributed by atoms with Crippen LogP contribution in [0.25, 0.3) is 5.69 Å². The van der Waals surface area contributed by atoms with E-state index in [1.54, 1.807) is 17.0 Å². The van der Waals surface area contributed by atoms with Gasteiger partial charge in [0.2, 0.25) is 0 Å². The average molecular weight is 350 g/mol. The van der Waals surface area contributed by atoms with Crippen molar-refractivity contribution in [3.05, 3.63) is 51.0 Å². The van der Waals surface area contributed by atoms with Crippen LogP contribution in [0.5, 0.6) is 0 Å². The van der Waals surface area contributed by atoms with Crippen LogP contribution < -0.4 is 10.9 Å². The maximum absolute atomic E-state index is 12.5. The number of benzene rings is 1. The van der Waals surface area contributed by atoms with Crippen LogP contribution in [-0.2, 0) is 0 Å². The summed E-state index contributed by atoms with van der Waals surface area (Å²) in [5.74, 6) is 0.997. The number of aromatic nitrogens is 2. The first kappa shape index (κ1) is 15.8. The molecule has 0 unspecified atom stereocenters. The zero-order chi connectivity index (χ0) is 15.4. The van der Waals surface area contributed by atoms with Crippen molar-refractivity contribution >= 4 is 21.7 Å². The van der Waals surface area contributed by atoms with Gasteiger partial charge in [-0.05, 0) is 43.0 Å². The molecule has 0 spiro atoms. The lowest BCUT2D eigenvalue weighted by Crippen LogP contribution is -2.23. The second-order valence-corrected chi connectivity index (χ2v) is 6.35. The zero-order valence-electron chi connectivity index (χ0n) is 12.6. The van der Waals surface area contributed by atoms with E-state index in [1.807, 2.05) is 25.1 Å². The lowest BCUT2D eigenvalue weighted by atomic mass is 10.1. The van der Waals surface area contributed by atoms with E-state index in [2.05, 4.69) is 40.1 Å². The maximum Gasteiger partial charge on any atom is 0.297 e. The topological polar surface area (TPSA) is 46.9 Å². The molecule has 5 heteroatoms. The summed E-state index contributed by atoms with van der Waals surface area (Å²) in [7, 11) is 0. The lowest BCUT2D eigenvalue weighted by molar-refractivity contribution is 0.606. The van der Waals surface area contributed by atoms with Gasteiger partial charge in [-0.1, -0.05) is 29.8 Å². The van der Waals surface area contributed by atoms with Gasteiger partial charge in [-0.2, -0.15) is 0 Å². The molecule has 0 bridgehead atoms. The summed E-state index contributed by atoms with van der Waals surface area (Å²) in [6, 6.07) is 5.84. The minimum Gasteiger partial charge on any atom is -0.365 e. The molecule has 4 nitrogen and oxygen atoms in total. The largest absolute Gasteiger partial charge is 0.365 e. The molecule has 0 aliphatic rings.